The number of ketones is 1. The number of hydrogen-bond donors (Lipinski definition) is 1. The van der Waals surface area contributed by atoms with E-state index in [0.29, 0.717) is 23.7 Å². The number of rotatable bonds is 4. The third-order valence-corrected chi connectivity index (χ3v) is 4.94. The fourth-order valence-electron chi connectivity index (χ4n) is 2.80. The molecule has 4 nitrogen and oxygen atoms in total. The van der Waals surface area contributed by atoms with E-state index in [2.05, 4.69) is 15.9 Å². The molecule has 3 aromatic carbocycles. The monoisotopic (exact) mass is 422 g/mol. The van der Waals surface area contributed by atoms with Gasteiger partial charge in [0, 0.05) is 16.1 Å². The van der Waals surface area contributed by atoms with Crippen molar-refractivity contribution in [2.24, 2.45) is 0 Å². The first-order valence-electron chi connectivity index (χ1n) is 8.34. The molecular weight excluding hydrogens is 408 g/mol. The van der Waals surface area contributed by atoms with Crippen molar-refractivity contribution in [3.63, 3.8) is 0 Å². The number of benzene rings is 3. The third-order valence-electron chi connectivity index (χ3n) is 4.16. The SMILES string of the molecule is O=C1/C(=C/c2cccc(OCc3ccccc3Br)c2)Oc2cc(O)ccc21. The van der Waals surface area contributed by atoms with E-state index in [1.807, 2.05) is 48.5 Å². The molecule has 1 heterocycles. The Bertz CT molecular complexity index is 1060. The van der Waals surface area contributed by atoms with E-state index in [-0.39, 0.29) is 17.3 Å². The summed E-state index contributed by atoms with van der Waals surface area (Å²) in [4.78, 5) is 12.4. The van der Waals surface area contributed by atoms with Crippen LogP contribution in [0.3, 0.4) is 0 Å². The molecule has 0 spiro atoms. The number of fused-ring (bicyclic) bond motifs is 1. The zero-order valence-electron chi connectivity index (χ0n) is 14.2. The Morgan fingerprint density at radius 3 is 2.74 bits per heavy atom. The van der Waals surface area contributed by atoms with E-state index in [9.17, 15) is 9.90 Å². The average molecular weight is 423 g/mol. The van der Waals surface area contributed by atoms with Crippen molar-refractivity contribution < 1.29 is 19.4 Å². The van der Waals surface area contributed by atoms with Gasteiger partial charge in [0.1, 0.15) is 23.9 Å². The number of Topliss-reactive ketones (excluding diaryl/α,β-unsaturated/α-hetero) is 1. The maximum absolute atomic E-state index is 12.4. The molecule has 0 fully saturated rings. The van der Waals surface area contributed by atoms with Crippen LogP contribution in [0.15, 0.2) is 77.0 Å². The van der Waals surface area contributed by atoms with Crippen molar-refractivity contribution in [3.8, 4) is 17.2 Å². The van der Waals surface area contributed by atoms with Gasteiger partial charge in [-0.15, -0.1) is 0 Å². The molecule has 1 N–H and O–H groups in total. The summed E-state index contributed by atoms with van der Waals surface area (Å²) >= 11 is 3.51. The summed E-state index contributed by atoms with van der Waals surface area (Å²) in [5.41, 5.74) is 2.28. The van der Waals surface area contributed by atoms with Crippen molar-refractivity contribution in [2.75, 3.05) is 0 Å². The van der Waals surface area contributed by atoms with Crippen LogP contribution in [-0.2, 0) is 6.61 Å². The van der Waals surface area contributed by atoms with Gasteiger partial charge in [-0.1, -0.05) is 46.3 Å². The molecule has 0 radical (unpaired) electrons. The Labute approximate surface area is 164 Å². The highest BCUT2D eigenvalue weighted by Gasteiger charge is 2.27. The van der Waals surface area contributed by atoms with Gasteiger partial charge in [0.25, 0.3) is 0 Å². The van der Waals surface area contributed by atoms with Gasteiger partial charge in [-0.05, 0) is 42.0 Å². The fourth-order valence-corrected chi connectivity index (χ4v) is 3.20. The van der Waals surface area contributed by atoms with Crippen LogP contribution in [0.1, 0.15) is 21.5 Å². The number of carbonyl (C=O) groups is 1. The lowest BCUT2D eigenvalue weighted by atomic mass is 10.1. The van der Waals surface area contributed by atoms with E-state index in [1.54, 1.807) is 12.1 Å². The van der Waals surface area contributed by atoms with Crippen LogP contribution in [0.2, 0.25) is 0 Å². The number of phenolic OH excluding ortho intramolecular Hbond substituents is 1. The smallest absolute Gasteiger partial charge is 0.231 e. The Hall–Kier alpha value is -3.05. The lowest BCUT2D eigenvalue weighted by Crippen LogP contribution is -1.99. The summed E-state index contributed by atoms with van der Waals surface area (Å²) in [6, 6.07) is 19.8. The van der Waals surface area contributed by atoms with E-state index >= 15 is 0 Å². The first-order valence-corrected chi connectivity index (χ1v) is 9.13. The topological polar surface area (TPSA) is 55.8 Å². The van der Waals surface area contributed by atoms with Gasteiger partial charge in [0.15, 0.2) is 5.76 Å². The van der Waals surface area contributed by atoms with Crippen LogP contribution in [0.25, 0.3) is 6.08 Å². The van der Waals surface area contributed by atoms with Gasteiger partial charge in [-0.3, -0.25) is 4.79 Å². The van der Waals surface area contributed by atoms with Crippen LogP contribution in [0, 0.1) is 0 Å². The molecule has 0 aliphatic carbocycles. The zero-order valence-corrected chi connectivity index (χ0v) is 15.8. The molecule has 27 heavy (non-hydrogen) atoms. The minimum Gasteiger partial charge on any atom is -0.508 e. The minimum absolute atomic E-state index is 0.0604. The second-order valence-electron chi connectivity index (χ2n) is 6.07. The summed E-state index contributed by atoms with van der Waals surface area (Å²) in [7, 11) is 0. The molecular formula is C22H15BrO4. The Balaban J connectivity index is 1.52. The highest BCUT2D eigenvalue weighted by Crippen LogP contribution is 2.34. The van der Waals surface area contributed by atoms with Crippen molar-refractivity contribution in [1.82, 2.24) is 0 Å². The number of allylic oxidation sites excluding steroid dienone is 1. The van der Waals surface area contributed by atoms with Crippen LogP contribution < -0.4 is 9.47 Å². The van der Waals surface area contributed by atoms with Crippen molar-refractivity contribution in [2.45, 2.75) is 6.61 Å². The first kappa shape index (κ1) is 17.4. The molecule has 0 saturated heterocycles. The summed E-state index contributed by atoms with van der Waals surface area (Å²) < 4.78 is 12.5. The number of aromatic hydroxyl groups is 1. The Morgan fingerprint density at radius 2 is 1.89 bits per heavy atom. The van der Waals surface area contributed by atoms with E-state index < -0.39 is 0 Å². The van der Waals surface area contributed by atoms with Gasteiger partial charge >= 0.3 is 0 Å². The molecule has 0 atom stereocenters. The van der Waals surface area contributed by atoms with Gasteiger partial charge < -0.3 is 14.6 Å². The summed E-state index contributed by atoms with van der Waals surface area (Å²) in [6.45, 7) is 0.432. The van der Waals surface area contributed by atoms with Crippen molar-refractivity contribution in [1.29, 1.82) is 0 Å². The summed E-state index contributed by atoms with van der Waals surface area (Å²) in [5.74, 6) is 1.14. The standard InChI is InChI=1S/C22H15BrO4/c23-19-7-2-1-5-15(19)13-26-17-6-3-4-14(10-17)11-21-22(25)18-9-8-16(24)12-20(18)27-21/h1-12,24H,13H2/b21-11-. The molecule has 4 rings (SSSR count). The second-order valence-corrected chi connectivity index (χ2v) is 6.93. The Morgan fingerprint density at radius 1 is 1.04 bits per heavy atom. The van der Waals surface area contributed by atoms with Gasteiger partial charge in [0.05, 0.1) is 5.56 Å². The zero-order chi connectivity index (χ0) is 18.8. The minimum atomic E-state index is -0.204. The number of carbonyl (C=O) groups excluding carboxylic acids is 1. The van der Waals surface area contributed by atoms with Crippen LogP contribution in [0.4, 0.5) is 0 Å². The molecule has 0 amide bonds. The van der Waals surface area contributed by atoms with E-state index in [4.69, 9.17) is 9.47 Å². The maximum Gasteiger partial charge on any atom is 0.231 e. The summed E-state index contributed by atoms with van der Waals surface area (Å²) in [5, 5.41) is 9.54. The van der Waals surface area contributed by atoms with Gasteiger partial charge in [-0.25, -0.2) is 0 Å². The summed E-state index contributed by atoms with van der Waals surface area (Å²) in [6.07, 6.45) is 1.67. The molecule has 0 aromatic heterocycles. The lowest BCUT2D eigenvalue weighted by Gasteiger charge is -2.08. The van der Waals surface area contributed by atoms with Crippen LogP contribution in [0.5, 0.6) is 17.2 Å². The molecule has 1 aliphatic heterocycles. The largest absolute Gasteiger partial charge is 0.508 e. The number of ether oxygens (including phenoxy) is 2. The first-order chi connectivity index (χ1) is 13.1. The second kappa shape index (κ2) is 7.29. The highest BCUT2D eigenvalue weighted by atomic mass is 79.9. The Kier molecular flexibility index (Phi) is 4.69. The van der Waals surface area contributed by atoms with Gasteiger partial charge in [0.2, 0.25) is 5.78 Å². The maximum atomic E-state index is 12.4. The third kappa shape index (κ3) is 3.73. The number of phenols is 1. The van der Waals surface area contributed by atoms with E-state index in [1.165, 1.54) is 12.1 Å². The number of hydrogen-bond acceptors (Lipinski definition) is 4. The van der Waals surface area contributed by atoms with Crippen molar-refractivity contribution in [3.05, 3.63) is 93.7 Å². The van der Waals surface area contributed by atoms with Crippen LogP contribution in [-0.4, -0.2) is 10.9 Å². The molecule has 0 bridgehead atoms. The average Bonchev–Trinajstić information content (AvgIpc) is 2.96. The molecule has 0 saturated carbocycles. The molecule has 134 valence electrons. The van der Waals surface area contributed by atoms with Crippen LogP contribution >= 0.6 is 15.9 Å². The molecule has 5 heteroatoms. The van der Waals surface area contributed by atoms with Crippen molar-refractivity contribution >= 4 is 27.8 Å². The quantitative estimate of drug-likeness (QED) is 0.575. The predicted octanol–water partition coefficient (Wildman–Crippen LogP) is 5.35. The predicted molar refractivity (Wildman–Crippen MR) is 106 cm³/mol. The lowest BCUT2D eigenvalue weighted by molar-refractivity contribution is 0.101. The van der Waals surface area contributed by atoms with Gasteiger partial charge in [-0.2, -0.15) is 0 Å². The normalized spacial score (nSPS) is 14.1. The van der Waals surface area contributed by atoms with E-state index in [0.717, 1.165) is 15.6 Å². The molecule has 1 aliphatic rings. The highest BCUT2D eigenvalue weighted by molar-refractivity contribution is 9.10. The number of halogens is 1. The molecule has 3 aromatic rings. The molecule has 0 unspecified atom stereocenters. The fraction of sp³-hybridized carbons (Fsp3) is 0.0455.